The van der Waals surface area contributed by atoms with Gasteiger partial charge in [-0.2, -0.15) is 0 Å². The monoisotopic (exact) mass is 191 g/mol. The zero-order valence-corrected chi connectivity index (χ0v) is 8.92. The molecule has 2 rings (SSSR count). The van der Waals surface area contributed by atoms with Crippen molar-refractivity contribution in [3.63, 3.8) is 0 Å². The van der Waals surface area contributed by atoms with Crippen LogP contribution in [0.1, 0.15) is 6.92 Å². The highest BCUT2D eigenvalue weighted by atomic mass is 32.2. The van der Waals surface area contributed by atoms with E-state index in [1.54, 1.807) is 5.25 Å². The molecule has 0 nitrogen and oxygen atoms in total. The van der Waals surface area contributed by atoms with Crippen LogP contribution in [0.15, 0.2) is 36.5 Å². The van der Waals surface area contributed by atoms with Gasteiger partial charge in [0, 0.05) is 18.1 Å². The second-order valence-corrected chi connectivity index (χ2v) is 4.70. The Bertz CT molecular complexity index is 240. The van der Waals surface area contributed by atoms with Gasteiger partial charge in [0.25, 0.3) is 0 Å². The first kappa shape index (κ1) is 9.01. The van der Waals surface area contributed by atoms with Crippen molar-refractivity contribution in [1.82, 2.24) is 0 Å². The molecule has 0 aliphatic heterocycles. The van der Waals surface area contributed by atoms with E-state index in [4.69, 9.17) is 0 Å². The van der Waals surface area contributed by atoms with Crippen LogP contribution in [0.4, 0.5) is 0 Å². The minimum Gasteiger partial charge on any atom is -0.0763 e. The van der Waals surface area contributed by atoms with Gasteiger partial charge in [-0.1, -0.05) is 36.5 Å². The number of hydrogen-bond acceptors (Lipinski definition) is 1. The highest BCUT2D eigenvalue weighted by Crippen LogP contribution is 2.44. The fourth-order valence-electron chi connectivity index (χ4n) is 2.18. The summed E-state index contributed by atoms with van der Waals surface area (Å²) in [4.78, 5) is 0. The predicted octanol–water partition coefficient (Wildman–Crippen LogP) is 3.45. The van der Waals surface area contributed by atoms with Crippen LogP contribution in [0.25, 0.3) is 0 Å². The first-order valence-electron chi connectivity index (χ1n) is 4.73. The molecule has 1 heteroatoms. The quantitative estimate of drug-likeness (QED) is 0.476. The summed E-state index contributed by atoms with van der Waals surface area (Å²) in [5.41, 5.74) is 0. The van der Waals surface area contributed by atoms with Crippen molar-refractivity contribution in [3.8, 4) is 0 Å². The summed E-state index contributed by atoms with van der Waals surface area (Å²) in [5.74, 6) is 1.96. The molecule has 0 heterocycles. The van der Waals surface area contributed by atoms with Crippen LogP contribution < -0.4 is 0 Å². The normalized spacial score (nSPS) is 35.1. The largest absolute Gasteiger partial charge is 0.158 e. The molecule has 0 fully saturated rings. The SMILES string of the molecule is CS[C+](C)C1C2C=CC=CC1C=C2. The Morgan fingerprint density at radius 2 is 1.54 bits per heavy atom. The molecule has 2 unspecified atom stereocenters. The van der Waals surface area contributed by atoms with Crippen LogP contribution in [-0.2, 0) is 0 Å². The molecule has 2 aliphatic rings. The summed E-state index contributed by atoms with van der Waals surface area (Å²) >= 11 is 1.90. The molecule has 0 aromatic carbocycles. The Labute approximate surface area is 84.8 Å². The molecule has 0 N–H and O–H groups in total. The van der Waals surface area contributed by atoms with E-state index in [2.05, 4.69) is 49.6 Å². The fourth-order valence-corrected chi connectivity index (χ4v) is 2.77. The van der Waals surface area contributed by atoms with Crippen LogP contribution in [-0.4, -0.2) is 6.26 Å². The molecule has 0 aromatic rings. The van der Waals surface area contributed by atoms with Crippen molar-refractivity contribution in [1.29, 1.82) is 0 Å². The Balaban J connectivity index is 2.22. The third kappa shape index (κ3) is 1.58. The third-order valence-corrected chi connectivity index (χ3v) is 3.87. The maximum absolute atomic E-state index is 2.34. The number of fused-ring (bicyclic) bond motifs is 2. The number of allylic oxidation sites excluding steroid dienone is 6. The molecule has 2 aliphatic carbocycles. The molecule has 0 spiro atoms. The van der Waals surface area contributed by atoms with Crippen LogP contribution in [0.3, 0.4) is 0 Å². The van der Waals surface area contributed by atoms with Gasteiger partial charge in [-0.15, -0.1) is 0 Å². The van der Waals surface area contributed by atoms with Crippen LogP contribution >= 0.6 is 11.8 Å². The zero-order valence-electron chi connectivity index (χ0n) is 8.10. The van der Waals surface area contributed by atoms with E-state index in [1.165, 1.54) is 0 Å². The maximum atomic E-state index is 2.34. The van der Waals surface area contributed by atoms with Gasteiger partial charge in [0.2, 0.25) is 0 Å². The minimum absolute atomic E-state index is 0.632. The lowest BCUT2D eigenvalue weighted by molar-refractivity contribution is 0.478. The van der Waals surface area contributed by atoms with Gasteiger partial charge in [-0.3, -0.25) is 0 Å². The lowest BCUT2D eigenvalue weighted by Crippen LogP contribution is -2.17. The van der Waals surface area contributed by atoms with Gasteiger partial charge in [0.1, 0.15) is 5.92 Å². The molecular formula is C12H15S+. The Hall–Kier alpha value is -0.560. The lowest BCUT2D eigenvalue weighted by atomic mass is 9.86. The molecule has 2 bridgehead atoms. The Morgan fingerprint density at radius 3 is 2.00 bits per heavy atom. The molecule has 0 radical (unpaired) electrons. The van der Waals surface area contributed by atoms with E-state index in [0.717, 1.165) is 0 Å². The van der Waals surface area contributed by atoms with Gasteiger partial charge >= 0.3 is 0 Å². The standard InChI is InChI=1S/C12H15S/c1-9(13-2)12-10-5-3-4-6-11(12)8-7-10/h3-8,10-12H,1-2H3/q+1. The van der Waals surface area contributed by atoms with E-state index in [9.17, 15) is 0 Å². The molecule has 0 saturated heterocycles. The van der Waals surface area contributed by atoms with Crippen molar-refractivity contribution in [2.45, 2.75) is 6.92 Å². The molecular weight excluding hydrogens is 176 g/mol. The zero-order chi connectivity index (χ0) is 9.26. The molecule has 0 amide bonds. The third-order valence-electron chi connectivity index (χ3n) is 2.95. The summed E-state index contributed by atoms with van der Waals surface area (Å²) in [6.45, 7) is 2.26. The highest BCUT2D eigenvalue weighted by molar-refractivity contribution is 8.01. The fraction of sp³-hybridized carbons (Fsp3) is 0.417. The van der Waals surface area contributed by atoms with E-state index in [0.29, 0.717) is 17.8 Å². The first-order chi connectivity index (χ1) is 6.33. The van der Waals surface area contributed by atoms with Crippen molar-refractivity contribution < 1.29 is 0 Å². The van der Waals surface area contributed by atoms with Gasteiger partial charge < -0.3 is 0 Å². The number of hydrogen-bond donors (Lipinski definition) is 0. The second-order valence-electron chi connectivity index (χ2n) is 3.65. The average molecular weight is 191 g/mol. The number of rotatable bonds is 2. The van der Waals surface area contributed by atoms with E-state index >= 15 is 0 Å². The number of thioether (sulfide) groups is 1. The van der Waals surface area contributed by atoms with E-state index in [-0.39, 0.29) is 0 Å². The molecule has 68 valence electrons. The van der Waals surface area contributed by atoms with Gasteiger partial charge in [0.15, 0.2) is 5.25 Å². The average Bonchev–Trinajstić information content (AvgIpc) is 2.38. The van der Waals surface area contributed by atoms with Crippen molar-refractivity contribution in [2.24, 2.45) is 17.8 Å². The van der Waals surface area contributed by atoms with Gasteiger partial charge in [0.05, 0.1) is 18.7 Å². The Morgan fingerprint density at radius 1 is 1.00 bits per heavy atom. The summed E-state index contributed by atoms with van der Waals surface area (Å²) in [6, 6.07) is 0. The predicted molar refractivity (Wildman–Crippen MR) is 60.3 cm³/mol. The summed E-state index contributed by atoms with van der Waals surface area (Å²) in [5, 5.41) is 1.55. The summed E-state index contributed by atoms with van der Waals surface area (Å²) in [7, 11) is 0. The summed E-state index contributed by atoms with van der Waals surface area (Å²) < 4.78 is 0. The van der Waals surface area contributed by atoms with Crippen LogP contribution in [0.5, 0.6) is 0 Å². The molecule has 13 heavy (non-hydrogen) atoms. The molecule has 0 aromatic heterocycles. The van der Waals surface area contributed by atoms with Crippen LogP contribution in [0.2, 0.25) is 0 Å². The maximum Gasteiger partial charge on any atom is 0.158 e. The smallest absolute Gasteiger partial charge is 0.0763 e. The van der Waals surface area contributed by atoms with Gasteiger partial charge in [-0.25, -0.2) is 0 Å². The van der Waals surface area contributed by atoms with E-state index < -0.39 is 0 Å². The van der Waals surface area contributed by atoms with E-state index in [1.807, 2.05) is 11.8 Å². The second kappa shape index (κ2) is 3.67. The van der Waals surface area contributed by atoms with Gasteiger partial charge in [-0.05, 0) is 0 Å². The molecule has 2 atom stereocenters. The topological polar surface area (TPSA) is 0 Å². The Kier molecular flexibility index (Phi) is 2.54. The van der Waals surface area contributed by atoms with Crippen molar-refractivity contribution in [2.75, 3.05) is 6.26 Å². The minimum atomic E-state index is 0.632. The van der Waals surface area contributed by atoms with Crippen molar-refractivity contribution in [3.05, 3.63) is 41.7 Å². The highest BCUT2D eigenvalue weighted by Gasteiger charge is 2.41. The van der Waals surface area contributed by atoms with Crippen molar-refractivity contribution >= 4 is 11.8 Å². The first-order valence-corrected chi connectivity index (χ1v) is 5.96. The lowest BCUT2D eigenvalue weighted by Gasteiger charge is -2.15. The molecule has 0 saturated carbocycles. The summed E-state index contributed by atoms with van der Waals surface area (Å²) in [6.07, 6.45) is 15.8. The van der Waals surface area contributed by atoms with Crippen LogP contribution in [0, 0.1) is 23.0 Å².